The van der Waals surface area contributed by atoms with Crippen molar-refractivity contribution < 1.29 is 14.3 Å². The molecule has 0 bridgehead atoms. The highest BCUT2D eigenvalue weighted by Gasteiger charge is 2.42. The molecular weight excluding hydrogens is 414 g/mol. The van der Waals surface area contributed by atoms with E-state index < -0.39 is 6.04 Å². The summed E-state index contributed by atoms with van der Waals surface area (Å²) >= 11 is 0. The number of hydrogen-bond donors (Lipinski definition) is 1. The van der Waals surface area contributed by atoms with Crippen LogP contribution in [0.4, 0.5) is 4.79 Å². The summed E-state index contributed by atoms with van der Waals surface area (Å²) in [5, 5.41) is 3.00. The van der Waals surface area contributed by atoms with Crippen molar-refractivity contribution >= 4 is 11.9 Å². The summed E-state index contributed by atoms with van der Waals surface area (Å²) in [5.41, 5.74) is 3.38. The first-order valence-electron chi connectivity index (χ1n) is 11.0. The molecule has 0 unspecified atom stereocenters. The van der Waals surface area contributed by atoms with Crippen LogP contribution in [0.3, 0.4) is 0 Å². The molecule has 0 saturated carbocycles. The van der Waals surface area contributed by atoms with Gasteiger partial charge in [0.25, 0.3) is 5.91 Å². The number of urea groups is 1. The Labute approximate surface area is 193 Å². The van der Waals surface area contributed by atoms with Crippen LogP contribution in [0.25, 0.3) is 0 Å². The Morgan fingerprint density at radius 3 is 2.36 bits per heavy atom. The molecule has 166 valence electrons. The highest BCUT2D eigenvalue weighted by Crippen LogP contribution is 2.37. The molecule has 0 aliphatic carbocycles. The van der Waals surface area contributed by atoms with Gasteiger partial charge >= 0.3 is 6.03 Å². The molecule has 2 aliphatic heterocycles. The summed E-state index contributed by atoms with van der Waals surface area (Å²) in [7, 11) is 1.71. The number of likely N-dealkylation sites (N-methyl/N-ethyl adjacent to an activating group) is 1. The summed E-state index contributed by atoms with van der Waals surface area (Å²) in [6.45, 7) is 1.03. The number of carbonyl (C=O) groups is 2. The molecule has 1 atom stereocenters. The second-order valence-electron chi connectivity index (χ2n) is 8.25. The maximum Gasteiger partial charge on any atom is 0.322 e. The first-order chi connectivity index (χ1) is 16.1. The van der Waals surface area contributed by atoms with Gasteiger partial charge in [-0.3, -0.25) is 9.69 Å². The van der Waals surface area contributed by atoms with Gasteiger partial charge in [0.2, 0.25) is 0 Å². The third kappa shape index (κ3) is 4.20. The largest absolute Gasteiger partial charge is 0.457 e. The molecule has 1 N–H and O–H groups in total. The van der Waals surface area contributed by atoms with Crippen LogP contribution in [-0.4, -0.2) is 41.9 Å². The van der Waals surface area contributed by atoms with E-state index in [0.717, 1.165) is 23.4 Å². The van der Waals surface area contributed by atoms with Crippen LogP contribution in [0.2, 0.25) is 0 Å². The normalized spacial score (nSPS) is 17.8. The molecule has 0 spiro atoms. The van der Waals surface area contributed by atoms with Crippen molar-refractivity contribution in [2.24, 2.45) is 0 Å². The number of nitrogens with one attached hydrogen (secondary N) is 1. The van der Waals surface area contributed by atoms with Gasteiger partial charge in [-0.15, -0.1) is 0 Å². The molecule has 0 fully saturated rings. The zero-order valence-electron chi connectivity index (χ0n) is 18.4. The molecule has 0 radical (unpaired) electrons. The van der Waals surface area contributed by atoms with Gasteiger partial charge in [0.1, 0.15) is 11.5 Å². The first kappa shape index (κ1) is 20.8. The highest BCUT2D eigenvalue weighted by atomic mass is 16.5. The van der Waals surface area contributed by atoms with Crippen molar-refractivity contribution in [3.8, 4) is 11.5 Å². The Bertz CT molecular complexity index is 1210. The average Bonchev–Trinajstić information content (AvgIpc) is 3.18. The third-order valence-corrected chi connectivity index (χ3v) is 6.12. The van der Waals surface area contributed by atoms with Crippen molar-refractivity contribution in [1.82, 2.24) is 15.1 Å². The first-order valence-corrected chi connectivity index (χ1v) is 11.0. The SMILES string of the molecule is CN1C(=O)N[C@@H](c2cccc(Oc3ccccc3)c2)C2=C1CN(CCc1ccccc1)C2=O. The highest BCUT2D eigenvalue weighted by molar-refractivity contribution is 6.01. The minimum Gasteiger partial charge on any atom is -0.457 e. The lowest BCUT2D eigenvalue weighted by atomic mass is 9.95. The molecule has 5 rings (SSSR count). The quantitative estimate of drug-likeness (QED) is 0.615. The molecule has 6 nitrogen and oxygen atoms in total. The lowest BCUT2D eigenvalue weighted by Gasteiger charge is -2.31. The van der Waals surface area contributed by atoms with Crippen LogP contribution in [0, 0.1) is 0 Å². The topological polar surface area (TPSA) is 61.9 Å². The second-order valence-corrected chi connectivity index (χ2v) is 8.25. The van der Waals surface area contributed by atoms with Crippen LogP contribution >= 0.6 is 0 Å². The summed E-state index contributed by atoms with van der Waals surface area (Å²) in [6.07, 6.45) is 0.767. The van der Waals surface area contributed by atoms with E-state index in [0.29, 0.717) is 24.4 Å². The van der Waals surface area contributed by atoms with E-state index in [9.17, 15) is 9.59 Å². The Morgan fingerprint density at radius 2 is 1.61 bits per heavy atom. The van der Waals surface area contributed by atoms with Crippen LogP contribution in [0.1, 0.15) is 17.2 Å². The molecule has 0 aromatic heterocycles. The Kier molecular flexibility index (Phi) is 5.57. The van der Waals surface area contributed by atoms with E-state index in [4.69, 9.17) is 4.74 Å². The second kappa shape index (κ2) is 8.82. The fraction of sp³-hybridized carbons (Fsp3) is 0.185. The molecule has 33 heavy (non-hydrogen) atoms. The minimum absolute atomic E-state index is 0.0350. The van der Waals surface area contributed by atoms with Gasteiger partial charge in [-0.2, -0.15) is 0 Å². The maximum absolute atomic E-state index is 13.4. The molecule has 2 heterocycles. The third-order valence-electron chi connectivity index (χ3n) is 6.12. The smallest absolute Gasteiger partial charge is 0.322 e. The van der Waals surface area contributed by atoms with Crippen LogP contribution in [0.5, 0.6) is 11.5 Å². The van der Waals surface area contributed by atoms with Gasteiger partial charge < -0.3 is 15.0 Å². The van der Waals surface area contributed by atoms with Crippen molar-refractivity contribution in [1.29, 1.82) is 0 Å². The fourth-order valence-electron chi connectivity index (χ4n) is 4.34. The zero-order chi connectivity index (χ0) is 22.8. The van der Waals surface area contributed by atoms with E-state index in [1.54, 1.807) is 11.9 Å². The molecule has 6 heteroatoms. The summed E-state index contributed by atoms with van der Waals surface area (Å²) in [5.74, 6) is 1.35. The molecule has 3 aromatic carbocycles. The van der Waals surface area contributed by atoms with Gasteiger partial charge in [-0.1, -0.05) is 60.7 Å². The maximum atomic E-state index is 13.4. The predicted octanol–water partition coefficient (Wildman–Crippen LogP) is 4.51. The van der Waals surface area contributed by atoms with Crippen molar-refractivity contribution in [2.45, 2.75) is 12.5 Å². The van der Waals surface area contributed by atoms with E-state index in [1.807, 2.05) is 77.7 Å². The lowest BCUT2D eigenvalue weighted by molar-refractivity contribution is -0.125. The number of para-hydroxylation sites is 1. The number of ether oxygens (including phenoxy) is 1. The van der Waals surface area contributed by atoms with Crippen LogP contribution in [-0.2, 0) is 11.2 Å². The molecular formula is C27H25N3O3. The number of rotatable bonds is 6. The Morgan fingerprint density at radius 1 is 0.909 bits per heavy atom. The minimum atomic E-state index is -0.516. The van der Waals surface area contributed by atoms with Crippen molar-refractivity contribution in [3.05, 3.63) is 107 Å². The number of benzene rings is 3. The van der Waals surface area contributed by atoms with Gasteiger partial charge in [-0.05, 0) is 41.8 Å². The average molecular weight is 440 g/mol. The van der Waals surface area contributed by atoms with E-state index in [-0.39, 0.29) is 11.9 Å². The predicted molar refractivity (Wildman–Crippen MR) is 126 cm³/mol. The standard InChI is InChI=1S/C27H25N3O3/c1-29-23-18-30(16-15-19-9-4-2-5-10-19)26(31)24(23)25(28-27(29)32)20-11-8-14-22(17-20)33-21-12-6-3-7-13-21/h2-14,17,25H,15-16,18H2,1H3,(H,28,32)/t25-/m0/s1. The molecule has 3 amide bonds. The number of hydrogen-bond acceptors (Lipinski definition) is 3. The van der Waals surface area contributed by atoms with Gasteiger partial charge in [0, 0.05) is 13.6 Å². The Hall–Kier alpha value is -4.06. The van der Waals surface area contributed by atoms with Crippen molar-refractivity contribution in [2.75, 3.05) is 20.1 Å². The van der Waals surface area contributed by atoms with Crippen molar-refractivity contribution in [3.63, 3.8) is 0 Å². The van der Waals surface area contributed by atoms with Crippen LogP contribution in [0.15, 0.2) is 96.2 Å². The van der Waals surface area contributed by atoms with E-state index in [1.165, 1.54) is 5.56 Å². The van der Waals surface area contributed by atoms with Gasteiger partial charge in [0.05, 0.1) is 23.9 Å². The van der Waals surface area contributed by atoms with Crippen LogP contribution < -0.4 is 10.1 Å². The summed E-state index contributed by atoms with van der Waals surface area (Å²) in [6, 6.07) is 26.4. The Balaban J connectivity index is 1.39. The monoisotopic (exact) mass is 439 g/mol. The summed E-state index contributed by atoms with van der Waals surface area (Å²) < 4.78 is 5.97. The number of carbonyl (C=O) groups excluding carboxylic acids is 2. The van der Waals surface area contributed by atoms with Gasteiger partial charge in [0.15, 0.2) is 0 Å². The molecule has 0 saturated heterocycles. The van der Waals surface area contributed by atoms with E-state index >= 15 is 0 Å². The zero-order valence-corrected chi connectivity index (χ0v) is 18.4. The number of amides is 3. The molecule has 3 aromatic rings. The fourth-order valence-corrected chi connectivity index (χ4v) is 4.34. The molecule has 2 aliphatic rings. The summed E-state index contributed by atoms with van der Waals surface area (Å²) in [4.78, 5) is 29.5. The number of nitrogens with zero attached hydrogens (tertiary/aromatic N) is 2. The van der Waals surface area contributed by atoms with E-state index in [2.05, 4.69) is 17.4 Å². The van der Waals surface area contributed by atoms with Gasteiger partial charge in [-0.25, -0.2) is 4.79 Å². The lowest BCUT2D eigenvalue weighted by Crippen LogP contribution is -2.45.